The summed E-state index contributed by atoms with van der Waals surface area (Å²) in [5.74, 6) is -1.09. The van der Waals surface area contributed by atoms with E-state index >= 15 is 0 Å². The lowest BCUT2D eigenvalue weighted by molar-refractivity contribution is -0.306. The van der Waals surface area contributed by atoms with Crippen LogP contribution in [-0.4, -0.2) is 17.3 Å². The maximum Gasteiger partial charge on any atom is 0.111 e. The van der Waals surface area contributed by atoms with Crippen molar-refractivity contribution in [1.29, 1.82) is 0 Å². The predicted molar refractivity (Wildman–Crippen MR) is 96.3 cm³/mol. The second kappa shape index (κ2) is 17.7. The van der Waals surface area contributed by atoms with Gasteiger partial charge in [-0.25, -0.2) is 4.89 Å². The van der Waals surface area contributed by atoms with Crippen LogP contribution in [0.3, 0.4) is 0 Å². The van der Waals surface area contributed by atoms with Crippen LogP contribution in [0.25, 0.3) is 0 Å². The molecule has 0 spiro atoms. The van der Waals surface area contributed by atoms with Gasteiger partial charge in [0.05, 0.1) is 0 Å². The first-order valence-corrected chi connectivity index (χ1v) is 8.84. The Morgan fingerprint density at radius 1 is 1.04 bits per heavy atom. The van der Waals surface area contributed by atoms with E-state index in [0.29, 0.717) is 12.8 Å². The van der Waals surface area contributed by atoms with Crippen molar-refractivity contribution in [2.75, 3.05) is 0 Å². The summed E-state index contributed by atoms with van der Waals surface area (Å²) in [6.45, 7) is 2.21. The molecular weight excluding hydrogens is 304 g/mol. The highest BCUT2D eigenvalue weighted by molar-refractivity contribution is 5.64. The Balaban J connectivity index is 3.74. The highest BCUT2D eigenvalue weighted by atomic mass is 17.1. The molecule has 0 saturated carbocycles. The zero-order valence-corrected chi connectivity index (χ0v) is 14.7. The Labute approximate surface area is 146 Å². The van der Waals surface area contributed by atoms with Gasteiger partial charge in [-0.3, -0.25) is 5.26 Å². The molecule has 0 amide bonds. The van der Waals surface area contributed by atoms with Crippen molar-refractivity contribution < 1.29 is 20.0 Å². The first-order chi connectivity index (χ1) is 11.7. The number of hydrogen-bond acceptors (Lipinski definition) is 4. The van der Waals surface area contributed by atoms with E-state index in [1.54, 1.807) is 12.2 Å². The van der Waals surface area contributed by atoms with Crippen molar-refractivity contribution in [3.63, 3.8) is 0 Å². The van der Waals surface area contributed by atoms with Crippen LogP contribution in [0.5, 0.6) is 0 Å². The molecule has 4 nitrogen and oxygen atoms in total. The lowest BCUT2D eigenvalue weighted by Gasteiger charge is -2.08. The molecule has 24 heavy (non-hydrogen) atoms. The molecule has 0 unspecified atom stereocenters. The lowest BCUT2D eigenvalue weighted by atomic mass is 10.1. The van der Waals surface area contributed by atoms with E-state index in [1.807, 2.05) is 12.2 Å². The fraction of sp³-hybridized carbons (Fsp3) is 0.550. The second-order valence-corrected chi connectivity index (χ2v) is 5.63. The van der Waals surface area contributed by atoms with Gasteiger partial charge in [-0.05, 0) is 44.9 Å². The van der Waals surface area contributed by atoms with Crippen molar-refractivity contribution in [1.82, 2.24) is 0 Å². The molecule has 0 saturated heterocycles. The summed E-state index contributed by atoms with van der Waals surface area (Å²) < 4.78 is 0. The Bertz CT molecular complexity index is 408. The van der Waals surface area contributed by atoms with E-state index in [1.165, 1.54) is 25.7 Å². The summed E-state index contributed by atoms with van der Waals surface area (Å²) in [5.41, 5.74) is 0. The quantitative estimate of drug-likeness (QED) is 0.159. The van der Waals surface area contributed by atoms with Crippen LogP contribution in [0, 0.1) is 0 Å². The fourth-order valence-corrected chi connectivity index (χ4v) is 2.05. The van der Waals surface area contributed by atoms with E-state index in [4.69, 9.17) is 5.26 Å². The number of carbonyl (C=O) groups excluding carboxylic acids is 1. The molecule has 1 atom stereocenters. The predicted octanol–water partition coefficient (Wildman–Crippen LogP) is 4.35. The van der Waals surface area contributed by atoms with Crippen LogP contribution in [-0.2, 0) is 9.68 Å². The number of unbranched alkanes of at least 4 members (excludes halogenated alkanes) is 3. The molecule has 0 aliphatic carbocycles. The summed E-state index contributed by atoms with van der Waals surface area (Å²) in [5, 5.41) is 19.0. The van der Waals surface area contributed by atoms with Crippen LogP contribution in [0.15, 0.2) is 48.6 Å². The van der Waals surface area contributed by atoms with Crippen molar-refractivity contribution in [3.8, 4) is 0 Å². The molecule has 0 aliphatic rings. The zero-order chi connectivity index (χ0) is 17.9. The van der Waals surface area contributed by atoms with Gasteiger partial charge in [0, 0.05) is 5.97 Å². The Hall–Kier alpha value is -1.65. The number of hydrogen-bond donors (Lipinski definition) is 1. The molecular formula is C20H31O4-. The van der Waals surface area contributed by atoms with Crippen LogP contribution in [0.1, 0.15) is 64.7 Å². The minimum absolute atomic E-state index is 0.0264. The van der Waals surface area contributed by atoms with Gasteiger partial charge < -0.3 is 9.90 Å². The van der Waals surface area contributed by atoms with Crippen molar-refractivity contribution in [2.45, 2.75) is 70.8 Å². The van der Waals surface area contributed by atoms with Crippen LogP contribution in [0.2, 0.25) is 0 Å². The summed E-state index contributed by atoms with van der Waals surface area (Å²) in [6, 6.07) is 0. The van der Waals surface area contributed by atoms with Crippen LogP contribution >= 0.6 is 0 Å². The molecule has 0 fully saturated rings. The Morgan fingerprint density at radius 3 is 2.42 bits per heavy atom. The van der Waals surface area contributed by atoms with Crippen LogP contribution < -0.4 is 5.11 Å². The smallest absolute Gasteiger partial charge is 0.111 e. The SMILES string of the molecule is CCCCC/C=C\C/C=C\C/C=C\C=C\[C@@H](CCCC(=O)[O-])OO. The Morgan fingerprint density at radius 2 is 1.75 bits per heavy atom. The van der Waals surface area contributed by atoms with Gasteiger partial charge in [0.2, 0.25) is 0 Å². The average Bonchev–Trinajstić information content (AvgIpc) is 2.57. The standard InChI is InChI=1S/C20H32O4/c1-2-3-4-5-6-7-8-9-10-11-12-13-14-16-19(24-23)17-15-18-20(21)22/h6-7,9-10,12-14,16,19,23H,2-5,8,11,15,17-18H2,1H3,(H,21,22)/p-1/b7-6-,10-9-,13-12-,16-14+/t19-/m0/s1. The van der Waals surface area contributed by atoms with E-state index in [-0.39, 0.29) is 6.42 Å². The number of carboxylic acids is 1. The zero-order valence-electron chi connectivity index (χ0n) is 14.7. The van der Waals surface area contributed by atoms with Gasteiger partial charge in [0.25, 0.3) is 0 Å². The lowest BCUT2D eigenvalue weighted by Crippen LogP contribution is -2.22. The van der Waals surface area contributed by atoms with Crippen LogP contribution in [0.4, 0.5) is 0 Å². The van der Waals surface area contributed by atoms with E-state index in [0.717, 1.165) is 12.8 Å². The molecule has 0 aliphatic heterocycles. The van der Waals surface area contributed by atoms with E-state index < -0.39 is 12.1 Å². The number of carbonyl (C=O) groups is 1. The highest BCUT2D eigenvalue weighted by Gasteiger charge is 2.03. The van der Waals surface area contributed by atoms with E-state index in [9.17, 15) is 9.90 Å². The summed E-state index contributed by atoms with van der Waals surface area (Å²) >= 11 is 0. The van der Waals surface area contributed by atoms with Crippen molar-refractivity contribution in [2.24, 2.45) is 0 Å². The molecule has 1 N–H and O–H groups in total. The first kappa shape index (κ1) is 22.4. The molecule has 0 rings (SSSR count). The fourth-order valence-electron chi connectivity index (χ4n) is 2.05. The van der Waals surface area contributed by atoms with Gasteiger partial charge in [-0.1, -0.05) is 68.4 Å². The number of carboxylic acid groups (broad SMARTS) is 1. The summed E-state index contributed by atoms with van der Waals surface area (Å²) in [6.07, 6.45) is 23.3. The third-order valence-electron chi connectivity index (χ3n) is 3.43. The van der Waals surface area contributed by atoms with Gasteiger partial charge in [-0.2, -0.15) is 0 Å². The molecule has 136 valence electrons. The van der Waals surface area contributed by atoms with Gasteiger partial charge in [0.15, 0.2) is 0 Å². The van der Waals surface area contributed by atoms with Gasteiger partial charge >= 0.3 is 0 Å². The Kier molecular flexibility index (Phi) is 16.5. The van der Waals surface area contributed by atoms with Crippen molar-refractivity contribution >= 4 is 5.97 Å². The molecule has 0 radical (unpaired) electrons. The monoisotopic (exact) mass is 335 g/mol. The second-order valence-electron chi connectivity index (χ2n) is 5.63. The average molecular weight is 335 g/mol. The molecule has 0 aromatic carbocycles. The molecule has 4 heteroatoms. The maximum atomic E-state index is 10.3. The minimum atomic E-state index is -1.09. The number of allylic oxidation sites excluding steroid dienone is 7. The molecule has 0 aromatic rings. The normalized spacial score (nSPS) is 13.8. The topological polar surface area (TPSA) is 69.6 Å². The van der Waals surface area contributed by atoms with Gasteiger partial charge in [0.1, 0.15) is 6.10 Å². The largest absolute Gasteiger partial charge is 0.550 e. The number of rotatable bonds is 15. The molecule has 0 bridgehead atoms. The molecule has 0 heterocycles. The number of aliphatic carboxylic acids is 1. The summed E-state index contributed by atoms with van der Waals surface area (Å²) in [4.78, 5) is 14.6. The summed E-state index contributed by atoms with van der Waals surface area (Å²) in [7, 11) is 0. The van der Waals surface area contributed by atoms with E-state index in [2.05, 4.69) is 36.1 Å². The third-order valence-corrected chi connectivity index (χ3v) is 3.43. The maximum absolute atomic E-state index is 10.3. The third kappa shape index (κ3) is 16.7. The minimum Gasteiger partial charge on any atom is -0.550 e. The van der Waals surface area contributed by atoms with Gasteiger partial charge in [-0.15, -0.1) is 0 Å². The highest BCUT2D eigenvalue weighted by Crippen LogP contribution is 2.05. The molecule has 0 aromatic heterocycles. The first-order valence-electron chi connectivity index (χ1n) is 8.84. The van der Waals surface area contributed by atoms with Crippen molar-refractivity contribution in [3.05, 3.63) is 48.6 Å².